The van der Waals surface area contributed by atoms with Gasteiger partial charge in [0.2, 0.25) is 5.91 Å². The van der Waals surface area contributed by atoms with Crippen molar-refractivity contribution in [2.24, 2.45) is 0 Å². The van der Waals surface area contributed by atoms with Crippen LogP contribution >= 0.6 is 0 Å². The highest BCUT2D eigenvalue weighted by Crippen LogP contribution is 2.29. The number of piperazine rings is 1. The predicted octanol–water partition coefficient (Wildman–Crippen LogP) is 0.684. The van der Waals surface area contributed by atoms with Gasteiger partial charge in [-0.15, -0.1) is 0 Å². The molecular formula is C12H16N4O2. The van der Waals surface area contributed by atoms with Crippen LogP contribution in [0.4, 0.5) is 5.82 Å². The minimum atomic E-state index is -0.424. The molecule has 2 N–H and O–H groups in total. The molecule has 1 aliphatic heterocycles. The molecule has 0 aliphatic carbocycles. The third kappa shape index (κ3) is 2.01. The summed E-state index contributed by atoms with van der Waals surface area (Å²) in [5.41, 5.74) is 0.504. The zero-order valence-corrected chi connectivity index (χ0v) is 10.6. The maximum absolute atomic E-state index is 12.1. The van der Waals surface area contributed by atoms with Gasteiger partial charge >= 0.3 is 0 Å². The predicted molar refractivity (Wildman–Crippen MR) is 66.9 cm³/mol. The molecule has 0 saturated carbocycles. The van der Waals surface area contributed by atoms with Gasteiger partial charge in [-0.05, 0) is 0 Å². The Kier molecular flexibility index (Phi) is 2.43. The van der Waals surface area contributed by atoms with Gasteiger partial charge < -0.3 is 10.3 Å². The molecule has 6 nitrogen and oxygen atoms in total. The lowest BCUT2D eigenvalue weighted by Gasteiger charge is -2.29. The molecule has 1 aliphatic rings. The number of aromatic nitrogens is 2. The maximum Gasteiger partial charge on any atom is 0.275 e. The number of H-pyrrole nitrogens is 1. The summed E-state index contributed by atoms with van der Waals surface area (Å²) in [6.07, 6.45) is 1.50. The summed E-state index contributed by atoms with van der Waals surface area (Å²) in [7, 11) is 0. The number of nitrogens with one attached hydrogen (secondary N) is 2. The molecule has 1 aromatic heterocycles. The fourth-order valence-corrected chi connectivity index (χ4v) is 1.82. The van der Waals surface area contributed by atoms with Crippen molar-refractivity contribution < 1.29 is 11.0 Å². The molecule has 96 valence electrons. The zero-order valence-electron chi connectivity index (χ0n) is 11.6. The van der Waals surface area contributed by atoms with E-state index < -0.39 is 5.91 Å². The summed E-state index contributed by atoms with van der Waals surface area (Å²) in [6, 6.07) is 0. The van der Waals surface area contributed by atoms with Gasteiger partial charge in [-0.2, -0.15) is 0 Å². The van der Waals surface area contributed by atoms with Gasteiger partial charge in [-0.25, -0.2) is 4.98 Å². The summed E-state index contributed by atoms with van der Waals surface area (Å²) in [5, 5.41) is 2.37. The third-order valence-corrected chi connectivity index (χ3v) is 2.68. The molecule has 0 atom stereocenters. The molecule has 1 saturated heterocycles. The van der Waals surface area contributed by atoms with Gasteiger partial charge in [0.05, 0.1) is 19.1 Å². The van der Waals surface area contributed by atoms with E-state index in [-0.39, 0.29) is 23.6 Å². The molecule has 0 aromatic carbocycles. The highest BCUT2D eigenvalue weighted by Gasteiger charge is 2.33. The molecule has 6 heteroatoms. The van der Waals surface area contributed by atoms with Crippen LogP contribution < -0.4 is 10.2 Å². The summed E-state index contributed by atoms with van der Waals surface area (Å²) in [5.74, 6) is -0.320. The molecule has 2 heterocycles. The number of amides is 2. The average molecular weight is 249 g/mol. The molecule has 18 heavy (non-hydrogen) atoms. The van der Waals surface area contributed by atoms with Crippen molar-refractivity contribution in [3.05, 3.63) is 24.3 Å². The first-order chi connectivity index (χ1) is 8.84. The van der Waals surface area contributed by atoms with E-state index in [1.54, 1.807) is 0 Å². The zero-order chi connectivity index (χ0) is 14.2. The quantitative estimate of drug-likeness (QED) is 0.718. The molecule has 0 radical (unpaired) electrons. The number of hydrogen-bond donors (Lipinski definition) is 2. The molecule has 2 amide bonds. The van der Waals surface area contributed by atoms with Crippen LogP contribution in [0.25, 0.3) is 0 Å². The Morgan fingerprint density at radius 2 is 2.22 bits per heavy atom. The van der Waals surface area contributed by atoms with E-state index in [0.717, 1.165) is 12.2 Å². The van der Waals surface area contributed by atoms with Crippen LogP contribution in [0, 0.1) is 0 Å². The summed E-state index contributed by atoms with van der Waals surface area (Å²) < 4.78 is 7.16. The SMILES string of the molecule is [2H]C=C1NC(=O)CN(c2nc[nH]c2C(C)(C)C)C1=O. The summed E-state index contributed by atoms with van der Waals surface area (Å²) in [4.78, 5) is 32.2. The smallest absolute Gasteiger partial charge is 0.275 e. The average Bonchev–Trinajstić information content (AvgIpc) is 2.80. The van der Waals surface area contributed by atoms with Gasteiger partial charge in [0.25, 0.3) is 5.91 Å². The first kappa shape index (κ1) is 11.0. The molecule has 0 unspecified atom stereocenters. The van der Waals surface area contributed by atoms with Gasteiger partial charge in [-0.3, -0.25) is 14.5 Å². The summed E-state index contributed by atoms with van der Waals surface area (Å²) in [6.45, 7) is 6.71. The topological polar surface area (TPSA) is 78.1 Å². The Morgan fingerprint density at radius 1 is 1.50 bits per heavy atom. The molecule has 1 fully saturated rings. The maximum atomic E-state index is 12.1. The van der Waals surface area contributed by atoms with E-state index in [1.165, 1.54) is 11.2 Å². The van der Waals surface area contributed by atoms with Crippen LogP contribution in [-0.2, 0) is 15.0 Å². The van der Waals surface area contributed by atoms with Crippen molar-refractivity contribution in [2.75, 3.05) is 11.4 Å². The van der Waals surface area contributed by atoms with Gasteiger partial charge in [0, 0.05) is 5.41 Å². The molecule has 2 rings (SSSR count). The Morgan fingerprint density at radius 3 is 2.83 bits per heavy atom. The van der Waals surface area contributed by atoms with Crippen LogP contribution in [0.5, 0.6) is 0 Å². The number of nitrogens with zero attached hydrogens (tertiary/aromatic N) is 2. The largest absolute Gasteiger partial charge is 0.346 e. The van der Waals surface area contributed by atoms with Crippen molar-refractivity contribution in [3.63, 3.8) is 0 Å². The minimum absolute atomic E-state index is 0.0425. The Balaban J connectivity index is 2.44. The molecule has 0 bridgehead atoms. The third-order valence-electron chi connectivity index (χ3n) is 2.68. The van der Waals surface area contributed by atoms with Gasteiger partial charge in [0.1, 0.15) is 6.54 Å². The number of carbonyl (C=O) groups excluding carboxylic acids is 2. The second kappa shape index (κ2) is 3.97. The van der Waals surface area contributed by atoms with Gasteiger partial charge in [0.15, 0.2) is 5.82 Å². The molecular weight excluding hydrogens is 232 g/mol. The van der Waals surface area contributed by atoms with Crippen LogP contribution in [0.1, 0.15) is 27.8 Å². The van der Waals surface area contributed by atoms with Gasteiger partial charge in [-0.1, -0.05) is 27.3 Å². The second-order valence-electron chi connectivity index (χ2n) is 5.20. The molecule has 0 spiro atoms. The second-order valence-corrected chi connectivity index (χ2v) is 5.20. The van der Waals surface area contributed by atoms with Crippen molar-refractivity contribution in [2.45, 2.75) is 26.2 Å². The van der Waals surface area contributed by atoms with Crippen LogP contribution in [0.15, 0.2) is 18.6 Å². The number of aromatic amines is 1. The highest BCUT2D eigenvalue weighted by molar-refractivity contribution is 6.12. The standard InChI is InChI=1S/C12H16N4O2/c1-7-11(18)16(5-8(17)15-7)10-9(12(2,3)4)13-6-14-10/h6H,1,5H2,2-4H3,(H,13,14)(H,15,17)/i1D. The normalized spacial score (nSPS) is 20.1. The first-order valence-corrected chi connectivity index (χ1v) is 5.58. The lowest BCUT2D eigenvalue weighted by molar-refractivity contribution is -0.125. The Labute approximate surface area is 106 Å². The Bertz CT molecular complexity index is 556. The van der Waals surface area contributed by atoms with E-state index in [0.29, 0.717) is 5.82 Å². The number of hydrogen-bond acceptors (Lipinski definition) is 3. The van der Waals surface area contributed by atoms with E-state index in [4.69, 9.17) is 1.37 Å². The van der Waals surface area contributed by atoms with E-state index in [2.05, 4.69) is 15.3 Å². The molecule has 1 aromatic rings. The highest BCUT2D eigenvalue weighted by atomic mass is 16.2. The number of rotatable bonds is 1. The van der Waals surface area contributed by atoms with E-state index >= 15 is 0 Å². The van der Waals surface area contributed by atoms with Crippen molar-refractivity contribution in [1.82, 2.24) is 15.3 Å². The van der Waals surface area contributed by atoms with E-state index in [1.807, 2.05) is 20.8 Å². The van der Waals surface area contributed by atoms with E-state index in [9.17, 15) is 9.59 Å². The monoisotopic (exact) mass is 249 g/mol. The lowest BCUT2D eigenvalue weighted by atomic mass is 9.92. The van der Waals surface area contributed by atoms with Crippen LogP contribution in [0.2, 0.25) is 0 Å². The fourth-order valence-electron chi connectivity index (χ4n) is 1.82. The Hall–Kier alpha value is -2.11. The van der Waals surface area contributed by atoms with Crippen molar-refractivity contribution >= 4 is 17.6 Å². The van der Waals surface area contributed by atoms with Crippen molar-refractivity contribution in [3.8, 4) is 0 Å². The number of carbonyl (C=O) groups is 2. The fraction of sp³-hybridized carbons (Fsp3) is 0.417. The van der Waals surface area contributed by atoms with Crippen LogP contribution in [-0.4, -0.2) is 28.3 Å². The summed E-state index contributed by atoms with van der Waals surface area (Å²) >= 11 is 0. The minimum Gasteiger partial charge on any atom is -0.346 e. The number of anilines is 1. The number of imidazole rings is 1. The van der Waals surface area contributed by atoms with Crippen molar-refractivity contribution in [1.29, 1.82) is 0 Å². The first-order valence-electron chi connectivity index (χ1n) is 6.16. The lowest BCUT2D eigenvalue weighted by Crippen LogP contribution is -2.50. The van der Waals surface area contributed by atoms with Crippen LogP contribution in [0.3, 0.4) is 0 Å².